The highest BCUT2D eigenvalue weighted by Gasteiger charge is 2.39. The first kappa shape index (κ1) is 15.0. The van der Waals surface area contributed by atoms with Crippen LogP contribution >= 0.6 is 0 Å². The molecule has 0 fully saturated rings. The Morgan fingerprint density at radius 3 is 2.60 bits per heavy atom. The maximum Gasteiger partial charge on any atom is 0.327 e. The fourth-order valence-corrected chi connectivity index (χ4v) is 3.80. The van der Waals surface area contributed by atoms with Crippen molar-refractivity contribution < 1.29 is 17.9 Å². The van der Waals surface area contributed by atoms with E-state index in [9.17, 15) is 13.2 Å². The summed E-state index contributed by atoms with van der Waals surface area (Å²) in [6.45, 7) is 4.42. The Hall–Kier alpha value is -1.40. The van der Waals surface area contributed by atoms with Crippen molar-refractivity contribution in [1.29, 1.82) is 0 Å². The zero-order valence-electron chi connectivity index (χ0n) is 12.1. The molecule has 110 valence electrons. The molecule has 0 aromatic heterocycles. The first-order chi connectivity index (χ1) is 9.18. The van der Waals surface area contributed by atoms with E-state index in [0.29, 0.717) is 17.7 Å². The second-order valence-corrected chi connectivity index (χ2v) is 7.70. The lowest BCUT2D eigenvalue weighted by molar-refractivity contribution is -0.143. The van der Waals surface area contributed by atoms with Gasteiger partial charge in [-0.25, -0.2) is 13.2 Å². The molecule has 20 heavy (non-hydrogen) atoms. The van der Waals surface area contributed by atoms with Crippen LogP contribution in [0.25, 0.3) is 0 Å². The van der Waals surface area contributed by atoms with Gasteiger partial charge in [0, 0.05) is 18.2 Å². The monoisotopic (exact) mass is 297 g/mol. The van der Waals surface area contributed by atoms with Crippen LogP contribution in [0.4, 0.5) is 0 Å². The van der Waals surface area contributed by atoms with Gasteiger partial charge in [0.1, 0.15) is 6.04 Å². The molecule has 0 spiro atoms. The first-order valence-electron chi connectivity index (χ1n) is 6.33. The summed E-state index contributed by atoms with van der Waals surface area (Å²) in [5.41, 5.74) is 1.01. The molecule has 5 nitrogen and oxygen atoms in total. The van der Waals surface area contributed by atoms with Crippen molar-refractivity contribution in [3.8, 4) is 0 Å². The van der Waals surface area contributed by atoms with Crippen LogP contribution in [-0.2, 0) is 24.8 Å². The Kier molecular flexibility index (Phi) is 3.64. The number of sulfone groups is 1. The Balaban J connectivity index is 2.73. The summed E-state index contributed by atoms with van der Waals surface area (Å²) in [4.78, 5) is 12.2. The number of carbonyl (C=O) groups is 1. The van der Waals surface area contributed by atoms with Gasteiger partial charge < -0.3 is 4.74 Å². The molecular weight excluding hydrogens is 278 g/mol. The van der Waals surface area contributed by atoms with E-state index in [1.807, 2.05) is 13.8 Å². The molecule has 1 aromatic carbocycles. The van der Waals surface area contributed by atoms with E-state index in [1.165, 1.54) is 13.4 Å². The number of methoxy groups -OCH3 is 1. The van der Waals surface area contributed by atoms with Crippen LogP contribution in [0.3, 0.4) is 0 Å². The van der Waals surface area contributed by atoms with Crippen LogP contribution in [0.5, 0.6) is 0 Å². The molecule has 1 heterocycles. The largest absolute Gasteiger partial charge is 0.468 e. The number of nitrogens with one attached hydrogen (secondary N) is 1. The lowest BCUT2D eigenvalue weighted by Crippen LogP contribution is -2.45. The normalized spacial score (nSPS) is 21.1. The van der Waals surface area contributed by atoms with Gasteiger partial charge in [0.25, 0.3) is 0 Å². The van der Waals surface area contributed by atoms with E-state index in [4.69, 9.17) is 4.74 Å². The molecular formula is C14H19NO4S. The van der Waals surface area contributed by atoms with Gasteiger partial charge in [-0.15, -0.1) is 0 Å². The molecule has 0 amide bonds. The summed E-state index contributed by atoms with van der Waals surface area (Å²) in [5, 5.41) is 3.13. The number of esters is 1. The number of carbonyl (C=O) groups excluding carboxylic acids is 1. The summed E-state index contributed by atoms with van der Waals surface area (Å²) in [7, 11) is -2.03. The number of hydrogen-bond donors (Lipinski definition) is 1. The number of rotatable bonds is 2. The third-order valence-electron chi connectivity index (χ3n) is 3.63. The van der Waals surface area contributed by atoms with Crippen molar-refractivity contribution in [3.63, 3.8) is 0 Å². The molecule has 1 unspecified atom stereocenters. The summed E-state index contributed by atoms with van der Waals surface area (Å²) < 4.78 is 28.8. The molecule has 1 aliphatic rings. The number of benzene rings is 1. The van der Waals surface area contributed by atoms with E-state index in [2.05, 4.69) is 5.32 Å². The van der Waals surface area contributed by atoms with Gasteiger partial charge in [-0.05, 0) is 17.2 Å². The van der Waals surface area contributed by atoms with Crippen molar-refractivity contribution in [1.82, 2.24) is 5.32 Å². The van der Waals surface area contributed by atoms with Gasteiger partial charge in [0.05, 0.1) is 12.0 Å². The maximum atomic E-state index is 12.0. The molecule has 1 atom stereocenters. The molecule has 0 bridgehead atoms. The molecule has 1 aromatic rings. The van der Waals surface area contributed by atoms with E-state index >= 15 is 0 Å². The summed E-state index contributed by atoms with van der Waals surface area (Å²) in [6, 6.07) is 4.41. The maximum absolute atomic E-state index is 12.0. The van der Waals surface area contributed by atoms with E-state index in [1.54, 1.807) is 18.2 Å². The summed E-state index contributed by atoms with van der Waals surface area (Å²) in [6.07, 6.45) is 1.19. The van der Waals surface area contributed by atoms with Crippen molar-refractivity contribution in [3.05, 3.63) is 29.3 Å². The molecule has 2 rings (SSSR count). The number of ether oxygens (including phenoxy) is 1. The summed E-state index contributed by atoms with van der Waals surface area (Å²) >= 11 is 0. The van der Waals surface area contributed by atoms with E-state index < -0.39 is 21.8 Å². The fourth-order valence-electron chi connectivity index (χ4n) is 2.71. The predicted molar refractivity (Wildman–Crippen MR) is 75.3 cm³/mol. The number of hydrogen-bond acceptors (Lipinski definition) is 5. The highest BCUT2D eigenvalue weighted by atomic mass is 32.2. The van der Waals surface area contributed by atoms with Gasteiger partial charge in [0.15, 0.2) is 9.84 Å². The van der Waals surface area contributed by atoms with Gasteiger partial charge in [0.2, 0.25) is 0 Å². The zero-order valence-corrected chi connectivity index (χ0v) is 12.9. The van der Waals surface area contributed by atoms with Crippen LogP contribution in [-0.4, -0.2) is 34.3 Å². The molecule has 1 aliphatic heterocycles. The molecule has 0 radical (unpaired) electrons. The van der Waals surface area contributed by atoms with E-state index in [-0.39, 0.29) is 10.3 Å². The van der Waals surface area contributed by atoms with E-state index in [0.717, 1.165) is 0 Å². The van der Waals surface area contributed by atoms with Crippen LogP contribution < -0.4 is 5.32 Å². The van der Waals surface area contributed by atoms with Crippen LogP contribution in [0, 0.1) is 0 Å². The second kappa shape index (κ2) is 4.86. The highest BCUT2D eigenvalue weighted by Crippen LogP contribution is 2.38. The standard InChI is InChI=1S/C14H19NO4S/c1-14(2)8-15-12(13(16)19-3)9-6-5-7-10(11(9)14)20(4,17)18/h5-7,12,15H,8H2,1-4H3. The quantitative estimate of drug-likeness (QED) is 0.830. The Morgan fingerprint density at radius 1 is 1.40 bits per heavy atom. The molecule has 6 heteroatoms. The predicted octanol–water partition coefficient (Wildman–Crippen LogP) is 1.19. The minimum absolute atomic E-state index is 0.287. The van der Waals surface area contributed by atoms with Gasteiger partial charge in [-0.2, -0.15) is 0 Å². The average Bonchev–Trinajstić information content (AvgIpc) is 2.36. The van der Waals surface area contributed by atoms with Crippen molar-refractivity contribution >= 4 is 15.8 Å². The minimum Gasteiger partial charge on any atom is -0.468 e. The SMILES string of the molecule is COC(=O)C1NCC(C)(C)c2c1cccc2S(C)(=O)=O. The average molecular weight is 297 g/mol. The second-order valence-electron chi connectivity index (χ2n) is 5.71. The molecule has 0 saturated heterocycles. The smallest absolute Gasteiger partial charge is 0.327 e. The van der Waals surface area contributed by atoms with Gasteiger partial charge in [-0.1, -0.05) is 26.0 Å². The minimum atomic E-state index is -3.35. The van der Waals surface area contributed by atoms with Crippen LogP contribution in [0.15, 0.2) is 23.1 Å². The Morgan fingerprint density at radius 2 is 2.05 bits per heavy atom. The lowest BCUT2D eigenvalue weighted by atomic mass is 9.76. The van der Waals surface area contributed by atoms with Gasteiger partial charge in [-0.3, -0.25) is 5.32 Å². The molecule has 0 aliphatic carbocycles. The third kappa shape index (κ3) is 2.45. The van der Waals surface area contributed by atoms with Crippen molar-refractivity contribution in [2.75, 3.05) is 19.9 Å². The zero-order chi connectivity index (χ0) is 15.1. The highest BCUT2D eigenvalue weighted by molar-refractivity contribution is 7.90. The molecule has 0 saturated carbocycles. The topological polar surface area (TPSA) is 72.5 Å². The van der Waals surface area contributed by atoms with Crippen molar-refractivity contribution in [2.45, 2.75) is 30.2 Å². The third-order valence-corrected chi connectivity index (χ3v) is 4.77. The van der Waals surface area contributed by atoms with Gasteiger partial charge >= 0.3 is 5.97 Å². The molecule has 1 N–H and O–H groups in total. The van der Waals surface area contributed by atoms with Crippen LogP contribution in [0.2, 0.25) is 0 Å². The Bertz CT molecular complexity index is 649. The Labute approximate surface area is 119 Å². The first-order valence-corrected chi connectivity index (χ1v) is 8.22. The van der Waals surface area contributed by atoms with Crippen LogP contribution in [0.1, 0.15) is 31.0 Å². The number of fused-ring (bicyclic) bond motifs is 1. The van der Waals surface area contributed by atoms with Crippen molar-refractivity contribution in [2.24, 2.45) is 0 Å². The fraction of sp³-hybridized carbons (Fsp3) is 0.500. The summed E-state index contributed by atoms with van der Waals surface area (Å²) in [5.74, 6) is -0.410. The lowest BCUT2D eigenvalue weighted by Gasteiger charge is -2.38.